The van der Waals surface area contributed by atoms with E-state index in [1.54, 1.807) is 0 Å². The maximum atomic E-state index is 10.5. The van der Waals surface area contributed by atoms with Gasteiger partial charge in [0.05, 0.1) is 6.10 Å². The fraction of sp³-hybridized carbons (Fsp3) is 0.400. The lowest BCUT2D eigenvalue weighted by Gasteiger charge is -2.10. The van der Waals surface area contributed by atoms with Crippen LogP contribution in [0.4, 0.5) is 0 Å². The summed E-state index contributed by atoms with van der Waals surface area (Å²) in [5, 5.41) is 9.77. The van der Waals surface area contributed by atoms with Crippen molar-refractivity contribution in [2.24, 2.45) is 0 Å². The Kier molecular flexibility index (Phi) is 4.10. The third-order valence-corrected chi connectivity index (χ3v) is 2.90. The van der Waals surface area contributed by atoms with Gasteiger partial charge in [-0.15, -0.1) is 0 Å². The van der Waals surface area contributed by atoms with Crippen LogP contribution in [0.25, 0.3) is 10.9 Å². The summed E-state index contributed by atoms with van der Waals surface area (Å²) < 4.78 is 7.74. The Morgan fingerprint density at radius 1 is 1.37 bits per heavy atom. The van der Waals surface area contributed by atoms with E-state index >= 15 is 0 Å². The lowest BCUT2D eigenvalue weighted by Crippen LogP contribution is -2.05. The number of rotatable bonds is 6. The summed E-state index contributed by atoms with van der Waals surface area (Å²) in [6.45, 7) is 4.72. The van der Waals surface area contributed by atoms with Crippen molar-refractivity contribution in [3.05, 3.63) is 30.5 Å². The van der Waals surface area contributed by atoms with Crippen LogP contribution in [0.3, 0.4) is 0 Å². The Bertz CT molecular complexity index is 572. The number of hydrogen-bond donors (Lipinski definition) is 1. The lowest BCUT2D eigenvalue weighted by molar-refractivity contribution is -0.137. The predicted molar refractivity (Wildman–Crippen MR) is 74.6 cm³/mol. The zero-order valence-corrected chi connectivity index (χ0v) is 11.3. The maximum absolute atomic E-state index is 10.5. The maximum Gasteiger partial charge on any atom is 0.303 e. The third kappa shape index (κ3) is 3.50. The average Bonchev–Trinajstić information content (AvgIpc) is 2.70. The Morgan fingerprint density at radius 2 is 2.16 bits per heavy atom. The SMILES string of the molecule is CC(C)Oc1ccc2c(ccn2CCCC(=O)O)c1. The summed E-state index contributed by atoms with van der Waals surface area (Å²) in [4.78, 5) is 10.5. The van der Waals surface area contributed by atoms with Crippen LogP contribution in [0.5, 0.6) is 5.75 Å². The number of carbonyl (C=O) groups is 1. The Hall–Kier alpha value is -1.97. The van der Waals surface area contributed by atoms with E-state index in [4.69, 9.17) is 9.84 Å². The minimum atomic E-state index is -0.746. The molecule has 2 rings (SSSR count). The molecule has 0 saturated carbocycles. The van der Waals surface area contributed by atoms with E-state index in [1.807, 2.05) is 44.3 Å². The van der Waals surface area contributed by atoms with Gasteiger partial charge >= 0.3 is 5.97 Å². The molecule has 0 bridgehead atoms. The molecule has 2 aromatic rings. The average molecular weight is 261 g/mol. The second-order valence-corrected chi connectivity index (χ2v) is 4.89. The first kappa shape index (κ1) is 13.5. The van der Waals surface area contributed by atoms with Gasteiger partial charge in [0.2, 0.25) is 0 Å². The van der Waals surface area contributed by atoms with E-state index in [9.17, 15) is 4.79 Å². The lowest BCUT2D eigenvalue weighted by atomic mass is 10.2. The number of carboxylic acid groups (broad SMARTS) is 1. The van der Waals surface area contributed by atoms with Crippen molar-refractivity contribution in [3.63, 3.8) is 0 Å². The molecule has 1 N–H and O–H groups in total. The largest absolute Gasteiger partial charge is 0.491 e. The normalized spacial score (nSPS) is 11.1. The van der Waals surface area contributed by atoms with Crippen LogP contribution >= 0.6 is 0 Å². The summed E-state index contributed by atoms with van der Waals surface area (Å²) in [5.41, 5.74) is 1.11. The molecule has 19 heavy (non-hydrogen) atoms. The standard InChI is InChI=1S/C15H19NO3/c1-11(2)19-13-5-6-14-12(10-13)7-9-16(14)8-3-4-15(17)18/h5-7,9-11H,3-4,8H2,1-2H3,(H,17,18). The number of aryl methyl sites for hydroxylation is 1. The molecule has 1 heterocycles. The van der Waals surface area contributed by atoms with E-state index in [1.165, 1.54) is 0 Å². The van der Waals surface area contributed by atoms with Crippen LogP contribution in [-0.4, -0.2) is 21.7 Å². The highest BCUT2D eigenvalue weighted by molar-refractivity contribution is 5.81. The molecule has 0 aliphatic rings. The van der Waals surface area contributed by atoms with Gasteiger partial charge in [0.1, 0.15) is 5.75 Å². The summed E-state index contributed by atoms with van der Waals surface area (Å²) in [5.74, 6) is 0.120. The first-order valence-electron chi connectivity index (χ1n) is 6.53. The summed E-state index contributed by atoms with van der Waals surface area (Å²) in [6, 6.07) is 8.02. The van der Waals surface area contributed by atoms with Crippen molar-refractivity contribution in [2.45, 2.75) is 39.3 Å². The zero-order valence-electron chi connectivity index (χ0n) is 11.3. The summed E-state index contributed by atoms with van der Waals surface area (Å²) in [7, 11) is 0. The molecule has 0 amide bonds. The summed E-state index contributed by atoms with van der Waals surface area (Å²) >= 11 is 0. The highest BCUT2D eigenvalue weighted by Gasteiger charge is 2.05. The molecule has 4 nitrogen and oxygen atoms in total. The van der Waals surface area contributed by atoms with Gasteiger partial charge in [-0.25, -0.2) is 0 Å². The van der Waals surface area contributed by atoms with Gasteiger partial charge in [-0.1, -0.05) is 0 Å². The highest BCUT2D eigenvalue weighted by Crippen LogP contribution is 2.23. The number of fused-ring (bicyclic) bond motifs is 1. The second kappa shape index (κ2) is 5.78. The number of aromatic nitrogens is 1. The van der Waals surface area contributed by atoms with Crippen molar-refractivity contribution < 1.29 is 14.6 Å². The van der Waals surface area contributed by atoms with E-state index in [0.29, 0.717) is 6.42 Å². The van der Waals surface area contributed by atoms with Crippen molar-refractivity contribution in [2.75, 3.05) is 0 Å². The highest BCUT2D eigenvalue weighted by atomic mass is 16.5. The molecule has 102 valence electrons. The van der Waals surface area contributed by atoms with Crippen LogP contribution in [0.2, 0.25) is 0 Å². The van der Waals surface area contributed by atoms with Gasteiger partial charge in [0.25, 0.3) is 0 Å². The fourth-order valence-electron chi connectivity index (χ4n) is 2.12. The Morgan fingerprint density at radius 3 is 2.84 bits per heavy atom. The number of benzene rings is 1. The molecule has 0 unspecified atom stereocenters. The molecule has 4 heteroatoms. The van der Waals surface area contributed by atoms with Crippen molar-refractivity contribution >= 4 is 16.9 Å². The van der Waals surface area contributed by atoms with Gasteiger partial charge in [0.15, 0.2) is 0 Å². The van der Waals surface area contributed by atoms with Crippen LogP contribution in [0, 0.1) is 0 Å². The molecule has 1 aromatic heterocycles. The van der Waals surface area contributed by atoms with E-state index in [2.05, 4.69) is 4.57 Å². The van der Waals surface area contributed by atoms with E-state index in [0.717, 1.165) is 23.2 Å². The molecule has 0 saturated heterocycles. The molecular formula is C15H19NO3. The van der Waals surface area contributed by atoms with Gasteiger partial charge in [-0.3, -0.25) is 4.79 Å². The third-order valence-electron chi connectivity index (χ3n) is 2.90. The van der Waals surface area contributed by atoms with Gasteiger partial charge in [-0.05, 0) is 44.5 Å². The molecule has 0 aliphatic heterocycles. The van der Waals surface area contributed by atoms with Crippen molar-refractivity contribution in [1.82, 2.24) is 4.57 Å². The minimum absolute atomic E-state index is 0.162. The number of ether oxygens (including phenoxy) is 1. The van der Waals surface area contributed by atoms with Gasteiger partial charge in [-0.2, -0.15) is 0 Å². The monoisotopic (exact) mass is 261 g/mol. The van der Waals surface area contributed by atoms with Crippen molar-refractivity contribution in [3.8, 4) is 5.75 Å². The predicted octanol–water partition coefficient (Wildman–Crippen LogP) is 3.29. The smallest absolute Gasteiger partial charge is 0.303 e. The van der Waals surface area contributed by atoms with Crippen molar-refractivity contribution in [1.29, 1.82) is 0 Å². The fourth-order valence-corrected chi connectivity index (χ4v) is 2.12. The minimum Gasteiger partial charge on any atom is -0.491 e. The number of nitrogens with zero attached hydrogens (tertiary/aromatic N) is 1. The first-order chi connectivity index (χ1) is 9.06. The number of carboxylic acids is 1. The molecule has 1 aromatic carbocycles. The molecule has 0 fully saturated rings. The quantitative estimate of drug-likeness (QED) is 0.868. The zero-order chi connectivity index (χ0) is 13.8. The Labute approximate surface area is 112 Å². The van der Waals surface area contributed by atoms with Crippen LogP contribution in [-0.2, 0) is 11.3 Å². The molecule has 0 radical (unpaired) electrons. The van der Waals surface area contributed by atoms with Crippen LogP contribution in [0.15, 0.2) is 30.5 Å². The molecule has 0 spiro atoms. The van der Waals surface area contributed by atoms with E-state index in [-0.39, 0.29) is 12.5 Å². The molecule has 0 aliphatic carbocycles. The second-order valence-electron chi connectivity index (χ2n) is 4.89. The molecule has 0 atom stereocenters. The van der Waals surface area contributed by atoms with Gasteiger partial charge < -0.3 is 14.4 Å². The Balaban J connectivity index is 2.12. The number of aliphatic carboxylic acids is 1. The summed E-state index contributed by atoms with van der Waals surface area (Å²) in [6.07, 6.45) is 3.00. The first-order valence-corrected chi connectivity index (χ1v) is 6.53. The number of hydrogen-bond acceptors (Lipinski definition) is 2. The van der Waals surface area contributed by atoms with Crippen LogP contribution < -0.4 is 4.74 Å². The van der Waals surface area contributed by atoms with E-state index < -0.39 is 5.97 Å². The molecular weight excluding hydrogens is 242 g/mol. The van der Waals surface area contributed by atoms with Crippen LogP contribution in [0.1, 0.15) is 26.7 Å². The van der Waals surface area contributed by atoms with Gasteiger partial charge in [0, 0.05) is 30.1 Å². The topological polar surface area (TPSA) is 51.5 Å².